The number of benzene rings is 1. The molecule has 2 aliphatic rings. The number of halogens is 2. The van der Waals surface area contributed by atoms with Crippen LogP contribution in [0, 0.1) is 34.5 Å². The van der Waals surface area contributed by atoms with Gasteiger partial charge in [-0.1, -0.05) is 37.3 Å². The van der Waals surface area contributed by atoms with Crippen LogP contribution in [0.25, 0.3) is 17.2 Å². The largest absolute Gasteiger partial charge is 0.462 e. The lowest BCUT2D eigenvalue weighted by Gasteiger charge is -2.47. The number of aromatic nitrogens is 1. The zero-order valence-electron chi connectivity index (χ0n) is 22.2. The van der Waals surface area contributed by atoms with Crippen molar-refractivity contribution in [3.05, 3.63) is 59.9 Å². The van der Waals surface area contributed by atoms with E-state index in [1.807, 2.05) is 18.2 Å². The fraction of sp³-hybridized carbons (Fsp3) is 0.467. The highest BCUT2D eigenvalue weighted by atomic mass is 19.3. The van der Waals surface area contributed by atoms with Crippen molar-refractivity contribution in [3.63, 3.8) is 0 Å². The lowest BCUT2D eigenvalue weighted by Crippen LogP contribution is -2.54. The third-order valence-corrected chi connectivity index (χ3v) is 7.57. The minimum Gasteiger partial charge on any atom is -0.462 e. The van der Waals surface area contributed by atoms with E-state index >= 15 is 8.78 Å². The predicted octanol–water partition coefficient (Wildman–Crippen LogP) is 6.20. The number of nitriles is 1. The Morgan fingerprint density at radius 3 is 2.58 bits per heavy atom. The smallest absolute Gasteiger partial charge is 0.313 e. The average Bonchev–Trinajstić information content (AvgIpc) is 3.06. The summed E-state index contributed by atoms with van der Waals surface area (Å²) in [6.45, 7) is 8.23. The van der Waals surface area contributed by atoms with E-state index in [1.54, 1.807) is 64.2 Å². The molecule has 2 aromatic rings. The van der Waals surface area contributed by atoms with Crippen molar-refractivity contribution in [2.75, 3.05) is 0 Å². The highest BCUT2D eigenvalue weighted by Gasteiger charge is 2.68. The van der Waals surface area contributed by atoms with E-state index in [0.29, 0.717) is 11.3 Å². The summed E-state index contributed by atoms with van der Waals surface area (Å²) in [7, 11) is 0. The second-order valence-corrected chi connectivity index (χ2v) is 11.3. The average molecular weight is 523 g/mol. The first-order valence-electron chi connectivity index (χ1n) is 12.7. The second kappa shape index (κ2) is 9.94. The first kappa shape index (κ1) is 27.4. The molecule has 1 aliphatic heterocycles. The van der Waals surface area contributed by atoms with Gasteiger partial charge < -0.3 is 9.47 Å². The lowest BCUT2D eigenvalue weighted by molar-refractivity contribution is -0.182. The Morgan fingerprint density at radius 1 is 1.24 bits per heavy atom. The molecular weight excluding hydrogens is 490 g/mol. The van der Waals surface area contributed by atoms with Gasteiger partial charge in [-0.15, -0.1) is 0 Å². The number of alkyl halides is 2. The van der Waals surface area contributed by atoms with E-state index in [4.69, 9.17) is 9.47 Å². The zero-order chi connectivity index (χ0) is 27.9. The Kier molecular flexibility index (Phi) is 7.17. The molecule has 0 radical (unpaired) electrons. The summed E-state index contributed by atoms with van der Waals surface area (Å²) in [5.74, 6) is -7.14. The summed E-state index contributed by atoms with van der Waals surface area (Å²) in [5.41, 5.74) is 0.0900. The molecule has 4 rings (SSSR count). The Balaban J connectivity index is 1.65. The van der Waals surface area contributed by atoms with Crippen LogP contribution in [-0.2, 0) is 19.1 Å². The summed E-state index contributed by atoms with van der Waals surface area (Å²) in [6, 6.07) is 12.9. The van der Waals surface area contributed by atoms with Crippen molar-refractivity contribution in [2.45, 2.75) is 65.1 Å². The molecule has 5 atom stereocenters. The molecule has 0 spiro atoms. The summed E-state index contributed by atoms with van der Waals surface area (Å²) in [5, 5.41) is 9.37. The van der Waals surface area contributed by atoms with Crippen LogP contribution in [0.3, 0.4) is 0 Å². The molecule has 0 unspecified atom stereocenters. The molecule has 1 aromatic carbocycles. The maximum Gasteiger partial charge on any atom is 0.313 e. The van der Waals surface area contributed by atoms with Gasteiger partial charge in [0.1, 0.15) is 11.7 Å². The van der Waals surface area contributed by atoms with Crippen LogP contribution >= 0.6 is 0 Å². The van der Waals surface area contributed by atoms with Crippen LogP contribution < -0.4 is 0 Å². The first-order chi connectivity index (χ1) is 17.8. The molecule has 6 nitrogen and oxygen atoms in total. The minimum atomic E-state index is -3.20. The summed E-state index contributed by atoms with van der Waals surface area (Å²) >= 11 is 0. The molecule has 0 amide bonds. The second-order valence-electron chi connectivity index (χ2n) is 11.3. The normalized spacial score (nSPS) is 28.4. The van der Waals surface area contributed by atoms with Gasteiger partial charge in [0.05, 0.1) is 29.2 Å². The van der Waals surface area contributed by atoms with Crippen molar-refractivity contribution in [1.29, 1.82) is 5.26 Å². The summed E-state index contributed by atoms with van der Waals surface area (Å²) in [4.78, 5) is 30.3. The molecule has 0 bridgehead atoms. The summed E-state index contributed by atoms with van der Waals surface area (Å²) < 4.78 is 41.8. The molecule has 0 N–H and O–H groups in total. The van der Waals surface area contributed by atoms with Gasteiger partial charge in [-0.25, -0.2) is 8.78 Å². The van der Waals surface area contributed by atoms with E-state index in [2.05, 4.69) is 11.1 Å². The fourth-order valence-electron chi connectivity index (χ4n) is 5.87. The molecule has 1 aliphatic carbocycles. The Morgan fingerprint density at radius 2 is 1.95 bits per heavy atom. The van der Waals surface area contributed by atoms with Gasteiger partial charge in [0.25, 0.3) is 5.92 Å². The number of allylic oxidation sites excluding steroid dienone is 1. The van der Waals surface area contributed by atoms with Gasteiger partial charge in [-0.05, 0) is 51.8 Å². The van der Waals surface area contributed by atoms with E-state index in [1.165, 1.54) is 6.92 Å². The first-order valence-corrected chi connectivity index (χ1v) is 12.7. The number of fused-ring (bicyclic) bond motifs is 1. The highest BCUT2D eigenvalue weighted by Crippen LogP contribution is 2.61. The molecule has 1 saturated carbocycles. The maximum absolute atomic E-state index is 15.4. The van der Waals surface area contributed by atoms with Crippen molar-refractivity contribution >= 4 is 18.0 Å². The van der Waals surface area contributed by atoms with Gasteiger partial charge >= 0.3 is 11.9 Å². The van der Waals surface area contributed by atoms with E-state index in [0.717, 1.165) is 11.1 Å². The van der Waals surface area contributed by atoms with Gasteiger partial charge in [0, 0.05) is 35.6 Å². The number of hydrogen-bond acceptors (Lipinski definition) is 6. The zero-order valence-corrected chi connectivity index (χ0v) is 22.2. The number of carbonyl (C=O) groups excluding carboxylic acids is 2. The molecule has 8 heteroatoms. The SMILES string of the molecule is C[C@H]1OC(=O)[C@]2(CC(=O)OC(C)(C)C)CC(F)(F)[C@@H](C)[C@H](C=Cc3ccc(-c4ccccc4C#N)cn3)[C@H]12. The number of hydrogen-bond donors (Lipinski definition) is 0. The van der Waals surface area contributed by atoms with Gasteiger partial charge in [-0.3, -0.25) is 14.6 Å². The van der Waals surface area contributed by atoms with E-state index in [9.17, 15) is 14.9 Å². The number of ether oxygens (including phenoxy) is 2. The van der Waals surface area contributed by atoms with Gasteiger partial charge in [0.15, 0.2) is 0 Å². The Bertz CT molecular complexity index is 1290. The van der Waals surface area contributed by atoms with Crippen LogP contribution in [0.15, 0.2) is 48.7 Å². The lowest BCUT2D eigenvalue weighted by atomic mass is 9.55. The van der Waals surface area contributed by atoms with Crippen molar-refractivity contribution in [1.82, 2.24) is 4.98 Å². The predicted molar refractivity (Wildman–Crippen MR) is 138 cm³/mol. The molecular formula is C30H32F2N2O4. The van der Waals surface area contributed by atoms with Crippen molar-refractivity contribution in [3.8, 4) is 17.2 Å². The number of rotatable bonds is 5. The van der Waals surface area contributed by atoms with Crippen LogP contribution in [0.2, 0.25) is 0 Å². The number of cyclic esters (lactones) is 1. The number of carbonyl (C=O) groups is 2. The van der Waals surface area contributed by atoms with Crippen LogP contribution in [0.4, 0.5) is 8.78 Å². The number of nitrogens with zero attached hydrogens (tertiary/aromatic N) is 2. The van der Waals surface area contributed by atoms with Gasteiger partial charge in [-0.2, -0.15) is 5.26 Å². The molecule has 2 fully saturated rings. The number of esters is 2. The minimum absolute atomic E-state index is 0.462. The Hall–Kier alpha value is -3.60. The van der Waals surface area contributed by atoms with E-state index in [-0.39, 0.29) is 0 Å². The molecule has 1 saturated heterocycles. The van der Waals surface area contributed by atoms with Crippen LogP contribution in [0.1, 0.15) is 58.7 Å². The van der Waals surface area contributed by atoms with E-state index < -0.39 is 65.6 Å². The number of pyridine rings is 1. The quantitative estimate of drug-likeness (QED) is 0.434. The standard InChI is InChI=1S/C30H32F2N2O4/c1-18-23(13-12-22-11-10-21(16-34-22)24-9-7-6-8-20(24)15-33)26-19(2)37-27(36)29(26,17-30(18,31)32)14-25(35)38-28(3,4)5/h6-13,16,18-19,23,26H,14,17H2,1-5H3/t18-,19+,23-,26-,29+/m0/s1. The van der Waals surface area contributed by atoms with Crippen LogP contribution in [-0.4, -0.2) is 34.6 Å². The topological polar surface area (TPSA) is 89.3 Å². The molecule has 38 heavy (non-hydrogen) atoms. The van der Waals surface area contributed by atoms with Crippen LogP contribution in [0.5, 0.6) is 0 Å². The maximum atomic E-state index is 15.4. The third kappa shape index (κ3) is 5.20. The molecule has 2 heterocycles. The monoisotopic (exact) mass is 522 g/mol. The van der Waals surface area contributed by atoms with Crippen molar-refractivity contribution < 1.29 is 27.8 Å². The van der Waals surface area contributed by atoms with Gasteiger partial charge in [0.2, 0.25) is 0 Å². The fourth-order valence-corrected chi connectivity index (χ4v) is 5.87. The third-order valence-electron chi connectivity index (χ3n) is 7.57. The summed E-state index contributed by atoms with van der Waals surface area (Å²) in [6.07, 6.45) is 3.09. The van der Waals surface area contributed by atoms with Crippen molar-refractivity contribution in [2.24, 2.45) is 23.2 Å². The molecule has 200 valence electrons. The Labute approximate surface area is 221 Å². The highest BCUT2D eigenvalue weighted by molar-refractivity contribution is 5.86. The molecule has 1 aromatic heterocycles.